The summed E-state index contributed by atoms with van der Waals surface area (Å²) in [6.45, 7) is 1.91. The third-order valence-corrected chi connectivity index (χ3v) is 3.21. The fourth-order valence-electron chi connectivity index (χ4n) is 2.09. The van der Waals surface area contributed by atoms with E-state index in [1.807, 2.05) is 6.92 Å². The van der Waals surface area contributed by atoms with Gasteiger partial charge in [-0.2, -0.15) is 0 Å². The number of hydrogen-bond acceptors (Lipinski definition) is 3. The molecule has 1 aromatic heterocycles. The number of amides is 1. The average molecular weight is 251 g/mol. The molecule has 0 radical (unpaired) electrons. The molecule has 0 aliphatic heterocycles. The van der Waals surface area contributed by atoms with Gasteiger partial charge in [-0.3, -0.25) is 9.59 Å². The van der Waals surface area contributed by atoms with Crippen molar-refractivity contribution in [3.05, 3.63) is 23.7 Å². The summed E-state index contributed by atoms with van der Waals surface area (Å²) < 4.78 is 5.20. The number of hydrogen-bond donors (Lipinski definition) is 2. The molecule has 1 aromatic rings. The van der Waals surface area contributed by atoms with E-state index in [0.717, 1.165) is 12.8 Å². The van der Waals surface area contributed by atoms with E-state index in [-0.39, 0.29) is 18.4 Å². The van der Waals surface area contributed by atoms with Crippen LogP contribution in [-0.4, -0.2) is 23.0 Å². The Morgan fingerprint density at radius 3 is 2.83 bits per heavy atom. The summed E-state index contributed by atoms with van der Waals surface area (Å²) in [5.41, 5.74) is 0.508. The minimum Gasteiger partial charge on any atom is -0.481 e. The van der Waals surface area contributed by atoms with E-state index >= 15 is 0 Å². The van der Waals surface area contributed by atoms with Crippen molar-refractivity contribution in [2.45, 2.75) is 38.6 Å². The van der Waals surface area contributed by atoms with E-state index in [1.165, 1.54) is 6.26 Å². The Hall–Kier alpha value is -1.78. The number of carboxylic acid groups (broad SMARTS) is 1. The third-order valence-electron chi connectivity index (χ3n) is 3.21. The first-order valence-electron chi connectivity index (χ1n) is 6.20. The number of carboxylic acids is 1. The van der Waals surface area contributed by atoms with Crippen molar-refractivity contribution in [3.63, 3.8) is 0 Å². The Morgan fingerprint density at radius 2 is 2.28 bits per heavy atom. The predicted octanol–water partition coefficient (Wildman–Crippen LogP) is 1.83. The molecule has 1 unspecified atom stereocenters. The Morgan fingerprint density at radius 1 is 1.56 bits per heavy atom. The second-order valence-corrected chi connectivity index (χ2v) is 4.63. The molecule has 0 aromatic carbocycles. The lowest BCUT2D eigenvalue weighted by Gasteiger charge is -2.15. The summed E-state index contributed by atoms with van der Waals surface area (Å²) in [5.74, 6) is -0.173. The fraction of sp³-hybridized carbons (Fsp3) is 0.538. The smallest absolute Gasteiger partial charge is 0.305 e. The minimum atomic E-state index is -0.880. The number of aliphatic carboxylic acids is 1. The van der Waals surface area contributed by atoms with Crippen molar-refractivity contribution in [2.24, 2.45) is 5.92 Å². The molecule has 2 N–H and O–H groups in total. The number of furan rings is 1. The van der Waals surface area contributed by atoms with Crippen LogP contribution in [0.4, 0.5) is 0 Å². The quantitative estimate of drug-likeness (QED) is 0.808. The highest BCUT2D eigenvalue weighted by Gasteiger charge is 2.34. The molecule has 18 heavy (non-hydrogen) atoms. The number of nitrogens with one attached hydrogen (secondary N) is 1. The van der Waals surface area contributed by atoms with Crippen LogP contribution in [0.15, 0.2) is 16.7 Å². The highest BCUT2D eigenvalue weighted by molar-refractivity contribution is 5.95. The van der Waals surface area contributed by atoms with Gasteiger partial charge in [0.05, 0.1) is 18.2 Å². The molecule has 1 atom stereocenters. The monoisotopic (exact) mass is 251 g/mol. The molecule has 5 heteroatoms. The number of rotatable bonds is 6. The molecule has 0 spiro atoms. The van der Waals surface area contributed by atoms with Gasteiger partial charge in [-0.1, -0.05) is 6.92 Å². The lowest BCUT2D eigenvalue weighted by Crippen LogP contribution is -2.38. The molecule has 5 nitrogen and oxygen atoms in total. The molecule has 98 valence electrons. The minimum absolute atomic E-state index is 0.0181. The maximum atomic E-state index is 12.0. The second kappa shape index (κ2) is 5.25. The van der Waals surface area contributed by atoms with Crippen molar-refractivity contribution in [1.29, 1.82) is 0 Å². The van der Waals surface area contributed by atoms with Gasteiger partial charge in [0.25, 0.3) is 5.91 Å². The van der Waals surface area contributed by atoms with Crippen LogP contribution in [0.3, 0.4) is 0 Å². The van der Waals surface area contributed by atoms with Gasteiger partial charge in [0.1, 0.15) is 5.76 Å². The number of carbonyl (C=O) groups is 2. The first-order chi connectivity index (χ1) is 8.61. The van der Waals surface area contributed by atoms with Crippen LogP contribution in [0, 0.1) is 5.92 Å². The maximum absolute atomic E-state index is 12.0. The molecule has 1 aliphatic carbocycles. The molecule has 1 aliphatic rings. The summed E-state index contributed by atoms with van der Waals surface area (Å²) >= 11 is 0. The fourth-order valence-corrected chi connectivity index (χ4v) is 2.09. The molecule has 1 saturated carbocycles. The zero-order valence-electron chi connectivity index (χ0n) is 10.3. The zero-order valence-corrected chi connectivity index (χ0v) is 10.3. The number of carbonyl (C=O) groups excluding carboxylic acids is 1. The van der Waals surface area contributed by atoms with Gasteiger partial charge in [-0.05, 0) is 24.8 Å². The molecule has 0 bridgehead atoms. The summed E-state index contributed by atoms with van der Waals surface area (Å²) in [6, 6.07) is 1.36. The highest BCUT2D eigenvalue weighted by Crippen LogP contribution is 2.34. The van der Waals surface area contributed by atoms with Gasteiger partial charge in [-0.25, -0.2) is 0 Å². The first kappa shape index (κ1) is 12.7. The topological polar surface area (TPSA) is 79.5 Å². The van der Waals surface area contributed by atoms with Gasteiger partial charge in [0, 0.05) is 12.5 Å². The summed E-state index contributed by atoms with van der Waals surface area (Å²) in [5, 5.41) is 11.6. The largest absolute Gasteiger partial charge is 0.481 e. The van der Waals surface area contributed by atoms with Crippen LogP contribution in [0.2, 0.25) is 0 Å². The van der Waals surface area contributed by atoms with Gasteiger partial charge < -0.3 is 14.8 Å². The maximum Gasteiger partial charge on any atom is 0.305 e. The van der Waals surface area contributed by atoms with Crippen molar-refractivity contribution >= 4 is 11.9 Å². The average Bonchev–Trinajstić information content (AvgIpc) is 3.05. The normalized spacial score (nSPS) is 16.3. The van der Waals surface area contributed by atoms with Crippen molar-refractivity contribution in [1.82, 2.24) is 5.32 Å². The molecule has 2 rings (SSSR count). The lowest BCUT2D eigenvalue weighted by atomic mass is 10.1. The van der Waals surface area contributed by atoms with Crippen LogP contribution in [0.1, 0.15) is 42.3 Å². The SMILES string of the molecule is CCc1occc1C(=O)NC(CC(=O)O)C1CC1. The van der Waals surface area contributed by atoms with E-state index in [2.05, 4.69) is 5.32 Å². The number of aryl methyl sites for hydroxylation is 1. The standard InChI is InChI=1S/C13H17NO4/c1-2-11-9(5-6-18-11)13(17)14-10(7-12(15)16)8-3-4-8/h5-6,8,10H,2-4,7H2,1H3,(H,14,17)(H,15,16). The first-order valence-corrected chi connectivity index (χ1v) is 6.20. The molecular formula is C13H17NO4. The highest BCUT2D eigenvalue weighted by atomic mass is 16.4. The van der Waals surface area contributed by atoms with E-state index in [9.17, 15) is 9.59 Å². The molecule has 1 fully saturated rings. The molecule has 0 saturated heterocycles. The van der Waals surface area contributed by atoms with Crippen LogP contribution in [-0.2, 0) is 11.2 Å². The van der Waals surface area contributed by atoms with Crippen molar-refractivity contribution in [3.8, 4) is 0 Å². The van der Waals surface area contributed by atoms with E-state index < -0.39 is 5.97 Å². The third kappa shape index (κ3) is 2.91. The summed E-state index contributed by atoms with van der Waals surface area (Å²) in [7, 11) is 0. The van der Waals surface area contributed by atoms with Crippen LogP contribution < -0.4 is 5.32 Å². The van der Waals surface area contributed by atoms with Crippen molar-refractivity contribution in [2.75, 3.05) is 0 Å². The van der Waals surface area contributed by atoms with Crippen molar-refractivity contribution < 1.29 is 19.1 Å². The van der Waals surface area contributed by atoms with Crippen LogP contribution in [0.25, 0.3) is 0 Å². The summed E-state index contributed by atoms with van der Waals surface area (Å²) in [6.07, 6.45) is 4.09. The van der Waals surface area contributed by atoms with Gasteiger partial charge in [0.2, 0.25) is 0 Å². The molecule has 1 amide bonds. The Bertz CT molecular complexity index is 448. The van der Waals surface area contributed by atoms with Gasteiger partial charge >= 0.3 is 5.97 Å². The van der Waals surface area contributed by atoms with E-state index in [4.69, 9.17) is 9.52 Å². The van der Waals surface area contributed by atoms with Gasteiger partial charge in [0.15, 0.2) is 0 Å². The van der Waals surface area contributed by atoms with Gasteiger partial charge in [-0.15, -0.1) is 0 Å². The van der Waals surface area contributed by atoms with Crippen LogP contribution >= 0.6 is 0 Å². The Balaban J connectivity index is 2.02. The predicted molar refractivity (Wildman–Crippen MR) is 64.3 cm³/mol. The van der Waals surface area contributed by atoms with E-state index in [1.54, 1.807) is 6.07 Å². The zero-order chi connectivity index (χ0) is 13.1. The van der Waals surface area contributed by atoms with Crippen LogP contribution in [0.5, 0.6) is 0 Å². The Labute approximate surface area is 105 Å². The second-order valence-electron chi connectivity index (χ2n) is 4.63. The summed E-state index contributed by atoms with van der Waals surface area (Å²) in [4.78, 5) is 22.8. The van der Waals surface area contributed by atoms with E-state index in [0.29, 0.717) is 23.7 Å². The molecular weight excluding hydrogens is 234 g/mol. The molecule has 1 heterocycles. The lowest BCUT2D eigenvalue weighted by molar-refractivity contribution is -0.137. The Kier molecular flexibility index (Phi) is 3.69.